The molecule has 4 fully saturated rings. The Morgan fingerprint density at radius 2 is 1.72 bits per heavy atom. The highest BCUT2D eigenvalue weighted by Gasteiger charge is 2.62. The van der Waals surface area contributed by atoms with Gasteiger partial charge in [0.2, 0.25) is 27.7 Å². The summed E-state index contributed by atoms with van der Waals surface area (Å²) in [6.45, 7) is 12.1. The smallest absolute Gasteiger partial charge is 0.408 e. The predicted octanol–water partition coefficient (Wildman–Crippen LogP) is 5.48. The second-order valence-electron chi connectivity index (χ2n) is 19.4. The van der Waals surface area contributed by atoms with E-state index in [0.29, 0.717) is 55.7 Å². The molecule has 0 bridgehead atoms. The first-order valence-corrected chi connectivity index (χ1v) is 24.4. The highest BCUT2D eigenvalue weighted by molar-refractivity contribution is 7.91. The Morgan fingerprint density at radius 1 is 0.985 bits per heavy atom. The number of amides is 4. The number of rotatable bonds is 9. The molecule has 17 heteroatoms. The van der Waals surface area contributed by atoms with Crippen LogP contribution in [0.5, 0.6) is 11.6 Å². The zero-order valence-corrected chi connectivity index (χ0v) is 38.9. The molecule has 0 spiro atoms. The molecule has 3 aliphatic heterocycles. The van der Waals surface area contributed by atoms with Gasteiger partial charge in [0.1, 0.15) is 35.1 Å². The molecule has 5 aliphatic rings. The van der Waals surface area contributed by atoms with Crippen molar-refractivity contribution in [3.63, 3.8) is 0 Å². The molecule has 4 heterocycles. The first kappa shape index (κ1) is 46.1. The number of anilines is 1. The summed E-state index contributed by atoms with van der Waals surface area (Å²) in [5.41, 5.74) is 0.187. The number of hydrogen-bond acceptors (Lipinski definition) is 12. The van der Waals surface area contributed by atoms with Crippen LogP contribution in [0.1, 0.15) is 79.6 Å². The third-order valence-electron chi connectivity index (χ3n) is 13.1. The fourth-order valence-corrected chi connectivity index (χ4v) is 10.7. The summed E-state index contributed by atoms with van der Waals surface area (Å²) in [5.74, 6) is -1.70. The average molecular weight is 915 g/mol. The Morgan fingerprint density at radius 3 is 2.42 bits per heavy atom. The number of carbonyl (C=O) groups is 4. The van der Waals surface area contributed by atoms with Gasteiger partial charge in [0.15, 0.2) is 0 Å². The molecule has 8 rings (SSSR count). The molecule has 2 saturated carbocycles. The maximum atomic E-state index is 15.1. The Hall–Kier alpha value is -5.42. The minimum absolute atomic E-state index is 0.0118. The molecule has 2 aromatic carbocycles. The van der Waals surface area contributed by atoms with Gasteiger partial charge in [0.05, 0.1) is 37.8 Å². The van der Waals surface area contributed by atoms with Crippen LogP contribution in [0.3, 0.4) is 0 Å². The molecule has 16 nitrogen and oxygen atoms in total. The number of hydrogen-bond donors (Lipinski definition) is 3. The summed E-state index contributed by atoms with van der Waals surface area (Å²) in [6.07, 6.45) is 5.45. The van der Waals surface area contributed by atoms with Gasteiger partial charge < -0.3 is 39.4 Å². The standard InChI is InChI=1S/C48H62N6O10S/c1-29-9-7-8-10-33-27-48(33,45(57)52-65(59,60)37-16-17-37)51-42(55)40-26-36(28-54(40)44(56)41(30(2)23-29)50-46(58)64-47(3,4)5)63-43-38-18-15-35(61-6)24-32(38)25-39(49-43)31-11-13-34(14-12-31)53-19-21-62-22-20-53/h8,10-15,18,24-25,29-30,33,36-37,40-41H,7,9,16-17,19-23,26-28H2,1-6H3,(H,50,58)(H,51,55)(H,52,57)/b10-8-/t29-,30+,33+,36+,40-,41-,48+/m0/s1. The number of morpholine rings is 1. The molecule has 2 aliphatic carbocycles. The number of aromatic nitrogens is 1. The molecule has 350 valence electrons. The maximum absolute atomic E-state index is 15.1. The average Bonchev–Trinajstić information content (AvgIpc) is 4.20. The number of carbonyl (C=O) groups excluding carboxylic acids is 4. The van der Waals surface area contributed by atoms with E-state index >= 15 is 4.79 Å². The third kappa shape index (κ3) is 10.5. The number of fused-ring (bicyclic) bond motifs is 3. The molecular formula is C48H62N6O10S. The van der Waals surface area contributed by atoms with Crippen LogP contribution in [0.4, 0.5) is 10.5 Å². The Bertz CT molecular complexity index is 2430. The number of alkyl carbamates (subject to hydrolysis) is 1. The van der Waals surface area contributed by atoms with E-state index in [1.807, 2.05) is 55.5 Å². The summed E-state index contributed by atoms with van der Waals surface area (Å²) in [6, 6.07) is 13.4. The van der Waals surface area contributed by atoms with Crippen molar-refractivity contribution in [1.29, 1.82) is 0 Å². The monoisotopic (exact) mass is 914 g/mol. The van der Waals surface area contributed by atoms with Gasteiger partial charge in [-0.2, -0.15) is 0 Å². The summed E-state index contributed by atoms with van der Waals surface area (Å²) >= 11 is 0. The number of nitrogens with one attached hydrogen (secondary N) is 3. The molecular weight excluding hydrogens is 853 g/mol. The first-order chi connectivity index (χ1) is 30.9. The fourth-order valence-electron chi connectivity index (χ4n) is 9.32. The van der Waals surface area contributed by atoms with Crippen molar-refractivity contribution in [2.24, 2.45) is 17.8 Å². The van der Waals surface area contributed by atoms with E-state index in [9.17, 15) is 22.8 Å². The normalized spacial score (nSPS) is 28.2. The molecule has 3 N–H and O–H groups in total. The lowest BCUT2D eigenvalue weighted by molar-refractivity contribution is -0.142. The zero-order valence-electron chi connectivity index (χ0n) is 38.1. The van der Waals surface area contributed by atoms with Crippen molar-refractivity contribution in [3.05, 3.63) is 60.7 Å². The van der Waals surface area contributed by atoms with E-state index in [0.717, 1.165) is 36.1 Å². The van der Waals surface area contributed by atoms with E-state index in [1.54, 1.807) is 27.9 Å². The van der Waals surface area contributed by atoms with E-state index in [-0.39, 0.29) is 37.1 Å². The van der Waals surface area contributed by atoms with Gasteiger partial charge in [-0.1, -0.05) is 38.1 Å². The number of sulfonamides is 1. The highest BCUT2D eigenvalue weighted by atomic mass is 32.2. The van der Waals surface area contributed by atoms with Crippen LogP contribution < -0.4 is 29.7 Å². The first-order valence-electron chi connectivity index (χ1n) is 22.9. The van der Waals surface area contributed by atoms with Gasteiger partial charge in [0.25, 0.3) is 5.91 Å². The Labute approximate surface area is 381 Å². The van der Waals surface area contributed by atoms with E-state index in [1.165, 1.54) is 4.90 Å². The van der Waals surface area contributed by atoms with Crippen molar-refractivity contribution < 1.29 is 46.5 Å². The molecule has 2 saturated heterocycles. The van der Waals surface area contributed by atoms with Gasteiger partial charge in [-0.15, -0.1) is 0 Å². The largest absolute Gasteiger partial charge is 0.497 e. The second-order valence-corrected chi connectivity index (χ2v) is 21.4. The topological polar surface area (TPSA) is 195 Å². The number of benzene rings is 2. The van der Waals surface area contributed by atoms with Crippen LogP contribution >= 0.6 is 0 Å². The molecule has 3 aromatic rings. The Balaban J connectivity index is 1.14. The fraction of sp³-hybridized carbons (Fsp3) is 0.562. The third-order valence-corrected chi connectivity index (χ3v) is 14.9. The van der Waals surface area contributed by atoms with E-state index in [4.69, 9.17) is 23.9 Å². The summed E-state index contributed by atoms with van der Waals surface area (Å²) in [5, 5.41) is 6.62. The zero-order chi connectivity index (χ0) is 46.3. The summed E-state index contributed by atoms with van der Waals surface area (Å²) < 4.78 is 51.9. The van der Waals surface area contributed by atoms with Crippen molar-refractivity contribution in [2.45, 2.75) is 114 Å². The lowest BCUT2D eigenvalue weighted by Crippen LogP contribution is -2.59. The van der Waals surface area contributed by atoms with Gasteiger partial charge in [-0.05, 0) is 113 Å². The predicted molar refractivity (Wildman–Crippen MR) is 245 cm³/mol. The van der Waals surface area contributed by atoms with Gasteiger partial charge in [-0.25, -0.2) is 18.2 Å². The van der Waals surface area contributed by atoms with Crippen molar-refractivity contribution >= 4 is 50.3 Å². The van der Waals surface area contributed by atoms with Gasteiger partial charge in [-0.3, -0.25) is 19.1 Å². The second kappa shape index (κ2) is 18.5. The maximum Gasteiger partial charge on any atom is 0.408 e. The van der Waals surface area contributed by atoms with Gasteiger partial charge in [0, 0.05) is 42.1 Å². The van der Waals surface area contributed by atoms with E-state index < -0.39 is 74.3 Å². The molecule has 0 radical (unpaired) electrons. The minimum Gasteiger partial charge on any atom is -0.497 e. The van der Waals surface area contributed by atoms with Gasteiger partial charge >= 0.3 is 6.09 Å². The van der Waals surface area contributed by atoms with Crippen molar-refractivity contribution in [3.8, 4) is 22.9 Å². The summed E-state index contributed by atoms with van der Waals surface area (Å²) in [4.78, 5) is 66.0. The molecule has 4 amide bonds. The van der Waals surface area contributed by atoms with E-state index in [2.05, 4.69) is 39.3 Å². The van der Waals surface area contributed by atoms with Crippen molar-refractivity contribution in [1.82, 2.24) is 25.2 Å². The quantitative estimate of drug-likeness (QED) is 0.229. The summed E-state index contributed by atoms with van der Waals surface area (Å²) in [7, 11) is -2.34. The van der Waals surface area contributed by atoms with Crippen LogP contribution in [0.15, 0.2) is 60.7 Å². The number of methoxy groups -OCH3 is 1. The number of allylic oxidation sites excluding steroid dienone is 1. The molecule has 7 atom stereocenters. The minimum atomic E-state index is -3.93. The number of pyridine rings is 1. The van der Waals surface area contributed by atoms with Crippen LogP contribution in [-0.2, 0) is 33.9 Å². The lowest BCUT2D eigenvalue weighted by atomic mass is 9.88. The number of nitrogens with zero attached hydrogens (tertiary/aromatic N) is 3. The molecule has 65 heavy (non-hydrogen) atoms. The number of ether oxygens (including phenoxy) is 4. The van der Waals surface area contributed by atoms with Crippen LogP contribution in [0, 0.1) is 17.8 Å². The SMILES string of the molecule is COc1ccc2c(O[C@@H]3C[C@H]4C(=O)N[C@]5(C(=O)NS(=O)(=O)C6CC6)C[C@H]5/C=C\CC[C@H](C)C[C@@H](C)[C@H](NC(=O)OC(C)(C)C)C(=O)N4C3)nc(-c3ccc(N4CCOCC4)cc3)cc2c1. The van der Waals surface area contributed by atoms with Crippen LogP contribution in [0.25, 0.3) is 22.0 Å². The lowest BCUT2D eigenvalue weighted by Gasteiger charge is -2.33. The molecule has 0 unspecified atom stereocenters. The van der Waals surface area contributed by atoms with Crippen LogP contribution in [-0.4, -0.2) is 117 Å². The van der Waals surface area contributed by atoms with Crippen molar-refractivity contribution in [2.75, 3.05) is 44.9 Å². The Kier molecular flexibility index (Phi) is 13.1. The highest BCUT2D eigenvalue weighted by Crippen LogP contribution is 2.46. The molecule has 1 aromatic heterocycles. The van der Waals surface area contributed by atoms with Crippen LogP contribution in [0.2, 0.25) is 0 Å².